The van der Waals surface area contributed by atoms with Crippen LogP contribution in [0.1, 0.15) is 40.6 Å². The monoisotopic (exact) mass is 900 g/mol. The zero-order valence-electron chi connectivity index (χ0n) is 32.2. The number of thiazole rings is 1. The molecule has 4 heterocycles. The van der Waals surface area contributed by atoms with E-state index in [-0.39, 0.29) is 19.0 Å². The highest BCUT2D eigenvalue weighted by Gasteiger charge is 2.30. The summed E-state index contributed by atoms with van der Waals surface area (Å²) in [4.78, 5) is 32.2. The van der Waals surface area contributed by atoms with Crippen molar-refractivity contribution in [2.75, 3.05) is 0 Å². The van der Waals surface area contributed by atoms with Crippen molar-refractivity contribution in [3.8, 4) is 33.5 Å². The molecule has 8 rings (SSSR count). The normalized spacial score (nSPS) is 12.0. The lowest BCUT2D eigenvalue weighted by atomic mass is 10.1. The maximum atomic E-state index is 12.7. The standard InChI is InChI=1S/C23H19F3N2O4.C21H17BrN2O3S/c1-13-20(32-21(27-13)15-3-5-17(6-4-15)23(24,25)26)12-31-18-7-8-19-16(11-18)9-10-28(19)14(2)22(29)30;1-13-19(28-21(23-13)14-2-4-16(22)5-3-14)12-27-17-6-7-18-15(10-17)8-9-24(18)11-20(25)26/h3-11,14H,12H2,1-2H3,(H,29,30);2-10H,11-12H2,1H3,(H,25,26). The fourth-order valence-corrected chi connectivity index (χ4v) is 7.55. The number of benzene rings is 4. The predicted molar refractivity (Wildman–Crippen MR) is 224 cm³/mol. The van der Waals surface area contributed by atoms with Gasteiger partial charge in [-0.3, -0.25) is 4.79 Å². The number of halogens is 4. The molecule has 11 nitrogen and oxygen atoms in total. The second kappa shape index (κ2) is 17.5. The minimum Gasteiger partial charge on any atom is -0.488 e. The van der Waals surface area contributed by atoms with Crippen LogP contribution in [0, 0.1) is 13.8 Å². The van der Waals surface area contributed by atoms with Crippen molar-refractivity contribution in [2.45, 2.75) is 52.7 Å². The number of hydrogen-bond donors (Lipinski definition) is 2. The molecule has 8 aromatic rings. The summed E-state index contributed by atoms with van der Waals surface area (Å²) in [6, 6.07) is 26.7. The van der Waals surface area contributed by atoms with Crippen LogP contribution < -0.4 is 9.47 Å². The van der Waals surface area contributed by atoms with Crippen LogP contribution in [-0.2, 0) is 35.5 Å². The summed E-state index contributed by atoms with van der Waals surface area (Å²) < 4.78 is 60.1. The van der Waals surface area contributed by atoms with Gasteiger partial charge in [0.1, 0.15) is 42.3 Å². The molecular weight excluding hydrogens is 865 g/mol. The van der Waals surface area contributed by atoms with Gasteiger partial charge in [0.05, 0.1) is 21.8 Å². The van der Waals surface area contributed by atoms with E-state index in [2.05, 4.69) is 25.9 Å². The molecule has 4 aromatic heterocycles. The third-order valence-corrected chi connectivity index (χ3v) is 11.3. The molecule has 60 heavy (non-hydrogen) atoms. The van der Waals surface area contributed by atoms with Crippen molar-refractivity contribution in [1.29, 1.82) is 0 Å². The topological polar surface area (TPSA) is 142 Å². The number of rotatable bonds is 12. The Morgan fingerprint density at radius 1 is 0.800 bits per heavy atom. The molecule has 16 heteroatoms. The van der Waals surface area contributed by atoms with Crippen LogP contribution in [0.25, 0.3) is 43.8 Å². The molecule has 0 saturated carbocycles. The second-order valence-corrected chi connectivity index (χ2v) is 15.7. The second-order valence-electron chi connectivity index (χ2n) is 13.7. The molecule has 0 amide bonds. The van der Waals surface area contributed by atoms with Crippen molar-refractivity contribution in [2.24, 2.45) is 0 Å². The van der Waals surface area contributed by atoms with E-state index in [0.717, 1.165) is 65.3 Å². The summed E-state index contributed by atoms with van der Waals surface area (Å²) in [5.74, 6) is 0.193. The quantitative estimate of drug-likeness (QED) is 0.123. The lowest BCUT2D eigenvalue weighted by Crippen LogP contribution is -2.14. The first-order chi connectivity index (χ1) is 28.6. The van der Waals surface area contributed by atoms with E-state index in [1.807, 2.05) is 61.5 Å². The molecule has 0 aliphatic carbocycles. The van der Waals surface area contributed by atoms with Gasteiger partial charge in [0.2, 0.25) is 5.89 Å². The van der Waals surface area contributed by atoms with Crippen molar-refractivity contribution < 1.29 is 46.9 Å². The lowest BCUT2D eigenvalue weighted by molar-refractivity contribution is -0.140. The highest BCUT2D eigenvalue weighted by molar-refractivity contribution is 9.10. The number of oxazole rings is 1. The Labute approximate surface area is 353 Å². The Hall–Kier alpha value is -6.39. The largest absolute Gasteiger partial charge is 0.488 e. The zero-order valence-corrected chi connectivity index (χ0v) is 34.6. The highest BCUT2D eigenvalue weighted by Crippen LogP contribution is 2.33. The summed E-state index contributed by atoms with van der Waals surface area (Å²) in [5.41, 5.74) is 3.97. The number of hydrogen-bond acceptors (Lipinski definition) is 8. The van der Waals surface area contributed by atoms with Crippen molar-refractivity contribution in [3.63, 3.8) is 0 Å². The van der Waals surface area contributed by atoms with E-state index in [1.54, 1.807) is 64.9 Å². The van der Waals surface area contributed by atoms with Gasteiger partial charge in [0.15, 0.2) is 5.76 Å². The summed E-state index contributed by atoms with van der Waals surface area (Å²) in [5, 5.41) is 21.0. The van der Waals surface area contributed by atoms with Gasteiger partial charge >= 0.3 is 18.1 Å². The van der Waals surface area contributed by atoms with E-state index < -0.39 is 29.7 Å². The van der Waals surface area contributed by atoms with Crippen molar-refractivity contribution in [3.05, 3.63) is 142 Å². The first kappa shape index (κ1) is 41.8. The van der Waals surface area contributed by atoms with Gasteiger partial charge in [-0.1, -0.05) is 28.1 Å². The first-order valence-corrected chi connectivity index (χ1v) is 20.0. The highest BCUT2D eigenvalue weighted by atomic mass is 79.9. The molecule has 0 saturated heterocycles. The van der Waals surface area contributed by atoms with Gasteiger partial charge < -0.3 is 33.2 Å². The Kier molecular flexibility index (Phi) is 12.1. The lowest BCUT2D eigenvalue weighted by Gasteiger charge is -2.11. The summed E-state index contributed by atoms with van der Waals surface area (Å²) >= 11 is 5.08. The van der Waals surface area contributed by atoms with Gasteiger partial charge in [-0.05, 0) is 106 Å². The fraction of sp³-hybridized carbons (Fsp3) is 0.182. The number of nitrogens with zero attached hydrogens (tertiary/aromatic N) is 4. The zero-order chi connectivity index (χ0) is 42.7. The number of carbonyl (C=O) groups is 2. The molecule has 0 radical (unpaired) electrons. The SMILES string of the molecule is Cc1nc(-c2ccc(Br)cc2)sc1COc1ccc2c(ccn2CC(=O)O)c1.Cc1nc(-c2ccc(C(F)(F)F)cc2)oc1COc1ccc2c(ccn2C(C)C(=O)O)c1. The Morgan fingerprint density at radius 2 is 1.42 bits per heavy atom. The number of aromatic nitrogens is 4. The van der Waals surface area contributed by atoms with E-state index in [4.69, 9.17) is 19.0 Å². The maximum Gasteiger partial charge on any atom is 0.416 e. The number of aryl methyl sites for hydroxylation is 2. The van der Waals surface area contributed by atoms with E-state index in [1.165, 1.54) is 12.1 Å². The Bertz CT molecular complexity index is 2810. The van der Waals surface area contributed by atoms with Gasteiger partial charge in [0, 0.05) is 49.8 Å². The molecular formula is C44H36BrF3N4O7S. The molecule has 0 fully saturated rings. The van der Waals surface area contributed by atoms with Gasteiger partial charge in [-0.2, -0.15) is 13.2 Å². The maximum absolute atomic E-state index is 12.7. The number of carboxylic acids is 2. The number of carboxylic acid groups (broad SMARTS) is 2. The number of alkyl halides is 3. The van der Waals surface area contributed by atoms with Crippen LogP contribution in [0.5, 0.6) is 11.5 Å². The number of aliphatic carboxylic acids is 2. The summed E-state index contributed by atoms with van der Waals surface area (Å²) in [7, 11) is 0. The van der Waals surface area contributed by atoms with Crippen LogP contribution in [0.4, 0.5) is 13.2 Å². The van der Waals surface area contributed by atoms with Crippen molar-refractivity contribution in [1.82, 2.24) is 19.1 Å². The third kappa shape index (κ3) is 9.56. The molecule has 0 aliphatic heterocycles. The average Bonchev–Trinajstić information content (AvgIpc) is 4.01. The summed E-state index contributed by atoms with van der Waals surface area (Å²) in [6.45, 7) is 5.80. The third-order valence-electron chi connectivity index (χ3n) is 9.59. The molecule has 2 N–H and O–H groups in total. The van der Waals surface area contributed by atoms with Crippen LogP contribution >= 0.6 is 27.3 Å². The number of ether oxygens (including phenoxy) is 2. The molecule has 308 valence electrons. The Morgan fingerprint density at radius 3 is 2.07 bits per heavy atom. The number of fused-ring (bicyclic) bond motifs is 2. The smallest absolute Gasteiger partial charge is 0.416 e. The summed E-state index contributed by atoms with van der Waals surface area (Å²) in [6.07, 6.45) is -0.914. The molecule has 0 spiro atoms. The van der Waals surface area contributed by atoms with Gasteiger partial charge in [0.25, 0.3) is 0 Å². The minimum absolute atomic E-state index is 0.0530. The molecule has 4 aromatic carbocycles. The van der Waals surface area contributed by atoms with Gasteiger partial charge in [-0.15, -0.1) is 11.3 Å². The average molecular weight is 902 g/mol. The van der Waals surface area contributed by atoms with Crippen LogP contribution in [0.15, 0.2) is 118 Å². The first-order valence-electron chi connectivity index (χ1n) is 18.4. The molecule has 0 aliphatic rings. The van der Waals surface area contributed by atoms with Crippen LogP contribution in [-0.4, -0.2) is 41.3 Å². The molecule has 1 unspecified atom stereocenters. The van der Waals surface area contributed by atoms with E-state index in [0.29, 0.717) is 29.4 Å². The van der Waals surface area contributed by atoms with Crippen LogP contribution in [0.3, 0.4) is 0 Å². The predicted octanol–water partition coefficient (Wildman–Crippen LogP) is 11.3. The van der Waals surface area contributed by atoms with Crippen molar-refractivity contribution >= 4 is 61.0 Å². The van der Waals surface area contributed by atoms with Gasteiger partial charge in [-0.25, -0.2) is 14.8 Å². The van der Waals surface area contributed by atoms with Crippen LogP contribution in [0.2, 0.25) is 0 Å². The molecule has 1 atom stereocenters. The molecule has 0 bridgehead atoms. The van der Waals surface area contributed by atoms with E-state index >= 15 is 0 Å². The van der Waals surface area contributed by atoms with E-state index in [9.17, 15) is 27.9 Å². The Balaban J connectivity index is 0.000000183. The minimum atomic E-state index is -4.40. The fourth-order valence-electron chi connectivity index (χ4n) is 6.30.